The SMILES string of the molecule is OB(O)c1occ(Br)c1Br. The first kappa shape index (κ1) is 8.32. The zero-order valence-corrected chi connectivity index (χ0v) is 7.89. The van der Waals surface area contributed by atoms with Crippen molar-refractivity contribution in [3.8, 4) is 0 Å². The zero-order chi connectivity index (χ0) is 7.72. The second-order valence-electron chi connectivity index (χ2n) is 1.64. The van der Waals surface area contributed by atoms with Gasteiger partial charge in [0.2, 0.25) is 0 Å². The highest BCUT2D eigenvalue weighted by atomic mass is 79.9. The fourth-order valence-electron chi connectivity index (χ4n) is 0.511. The fourth-order valence-corrected chi connectivity index (χ4v) is 1.19. The lowest BCUT2D eigenvalue weighted by molar-refractivity contribution is 0.409. The van der Waals surface area contributed by atoms with Crippen molar-refractivity contribution in [3.63, 3.8) is 0 Å². The van der Waals surface area contributed by atoms with Crippen LogP contribution in [0.25, 0.3) is 0 Å². The molecule has 0 aliphatic rings. The van der Waals surface area contributed by atoms with Gasteiger partial charge in [-0.1, -0.05) is 0 Å². The van der Waals surface area contributed by atoms with E-state index in [9.17, 15) is 0 Å². The summed E-state index contributed by atoms with van der Waals surface area (Å²) in [5.74, 6) is 0. The fraction of sp³-hybridized carbons (Fsp3) is 0. The van der Waals surface area contributed by atoms with E-state index >= 15 is 0 Å². The summed E-state index contributed by atoms with van der Waals surface area (Å²) in [5.41, 5.74) is 0.104. The largest absolute Gasteiger partial charge is 0.527 e. The van der Waals surface area contributed by atoms with Gasteiger partial charge in [0.1, 0.15) is 11.9 Å². The third kappa shape index (κ3) is 1.45. The summed E-state index contributed by atoms with van der Waals surface area (Å²) in [4.78, 5) is 0. The summed E-state index contributed by atoms with van der Waals surface area (Å²) in [5, 5.41) is 17.3. The van der Waals surface area contributed by atoms with Gasteiger partial charge in [-0.2, -0.15) is 0 Å². The van der Waals surface area contributed by atoms with Crippen LogP contribution in [0.3, 0.4) is 0 Å². The van der Waals surface area contributed by atoms with Crippen LogP contribution in [0.1, 0.15) is 0 Å². The van der Waals surface area contributed by atoms with Crippen LogP contribution in [0.2, 0.25) is 0 Å². The Labute approximate surface area is 74.4 Å². The predicted octanol–water partition coefficient (Wildman–Crippen LogP) is 0.484. The predicted molar refractivity (Wildman–Crippen MR) is 43.9 cm³/mol. The molecule has 1 heterocycles. The molecule has 0 saturated carbocycles. The Morgan fingerprint density at radius 2 is 2.00 bits per heavy atom. The van der Waals surface area contributed by atoms with Gasteiger partial charge in [-0.05, 0) is 31.9 Å². The minimum atomic E-state index is -1.57. The molecule has 0 aliphatic heterocycles. The molecule has 0 aliphatic carbocycles. The maximum Gasteiger partial charge on any atom is 0.527 e. The van der Waals surface area contributed by atoms with Crippen LogP contribution in [-0.4, -0.2) is 17.2 Å². The minimum Gasteiger partial charge on any atom is -0.470 e. The molecule has 6 heteroatoms. The van der Waals surface area contributed by atoms with E-state index in [1.54, 1.807) is 0 Å². The highest BCUT2D eigenvalue weighted by Gasteiger charge is 2.21. The van der Waals surface area contributed by atoms with Crippen LogP contribution in [-0.2, 0) is 0 Å². The summed E-state index contributed by atoms with van der Waals surface area (Å²) in [6.07, 6.45) is 1.37. The van der Waals surface area contributed by atoms with Crippen LogP contribution in [0.15, 0.2) is 19.6 Å². The van der Waals surface area contributed by atoms with Crippen LogP contribution in [0.4, 0.5) is 0 Å². The molecule has 0 aromatic carbocycles. The number of hydrogen-bond acceptors (Lipinski definition) is 3. The van der Waals surface area contributed by atoms with E-state index in [1.165, 1.54) is 6.26 Å². The van der Waals surface area contributed by atoms with Crippen molar-refractivity contribution in [3.05, 3.63) is 15.2 Å². The van der Waals surface area contributed by atoms with Gasteiger partial charge in [0.15, 0.2) is 0 Å². The van der Waals surface area contributed by atoms with Crippen LogP contribution in [0.5, 0.6) is 0 Å². The second-order valence-corrected chi connectivity index (χ2v) is 3.28. The molecule has 2 N–H and O–H groups in total. The second kappa shape index (κ2) is 3.08. The molecule has 0 radical (unpaired) electrons. The molecular weight excluding hydrogens is 267 g/mol. The first-order valence-corrected chi connectivity index (χ1v) is 4.00. The quantitative estimate of drug-likeness (QED) is 0.730. The third-order valence-corrected chi connectivity index (χ3v) is 2.88. The van der Waals surface area contributed by atoms with E-state index in [4.69, 9.17) is 14.5 Å². The van der Waals surface area contributed by atoms with E-state index in [0.717, 1.165) is 0 Å². The average molecular weight is 270 g/mol. The lowest BCUT2D eigenvalue weighted by Gasteiger charge is -1.91. The highest BCUT2D eigenvalue weighted by Crippen LogP contribution is 2.21. The monoisotopic (exact) mass is 268 g/mol. The molecule has 0 atom stereocenters. The van der Waals surface area contributed by atoms with Gasteiger partial charge >= 0.3 is 7.12 Å². The van der Waals surface area contributed by atoms with Crippen molar-refractivity contribution in [2.75, 3.05) is 0 Å². The molecular formula is C4H3BBr2O3. The van der Waals surface area contributed by atoms with Gasteiger partial charge in [-0.25, -0.2) is 0 Å². The maximum atomic E-state index is 8.63. The van der Waals surface area contributed by atoms with E-state index in [2.05, 4.69) is 31.9 Å². The van der Waals surface area contributed by atoms with Crippen molar-refractivity contribution in [2.45, 2.75) is 0 Å². The first-order chi connectivity index (χ1) is 4.63. The molecule has 3 nitrogen and oxygen atoms in total. The van der Waals surface area contributed by atoms with Crippen LogP contribution < -0.4 is 5.66 Å². The van der Waals surface area contributed by atoms with Crippen LogP contribution >= 0.6 is 31.9 Å². The summed E-state index contributed by atoms with van der Waals surface area (Å²) < 4.78 is 5.96. The van der Waals surface area contributed by atoms with Gasteiger partial charge in [-0.3, -0.25) is 0 Å². The molecule has 0 fully saturated rings. The molecule has 0 spiro atoms. The highest BCUT2D eigenvalue weighted by molar-refractivity contribution is 9.13. The maximum absolute atomic E-state index is 8.63. The van der Waals surface area contributed by atoms with Crippen molar-refractivity contribution in [1.29, 1.82) is 0 Å². The molecule has 1 rings (SSSR count). The first-order valence-electron chi connectivity index (χ1n) is 2.41. The third-order valence-electron chi connectivity index (χ3n) is 0.950. The lowest BCUT2D eigenvalue weighted by Crippen LogP contribution is -2.29. The Kier molecular flexibility index (Phi) is 2.57. The summed E-state index contributed by atoms with van der Waals surface area (Å²) in [6, 6.07) is 0. The van der Waals surface area contributed by atoms with E-state index in [-0.39, 0.29) is 5.66 Å². The molecule has 1 aromatic rings. The van der Waals surface area contributed by atoms with Gasteiger partial charge in [0.05, 0.1) is 8.95 Å². The summed E-state index contributed by atoms with van der Waals surface area (Å²) in [7, 11) is -1.57. The Hall–Kier alpha value is 0.225. The number of halogens is 2. The van der Waals surface area contributed by atoms with Crippen LogP contribution in [0, 0.1) is 0 Å². The standard InChI is InChI=1S/C4H3BBr2O3/c6-2-1-10-4(3(2)7)5(8)9/h1,8-9H. The van der Waals surface area contributed by atoms with Crippen molar-refractivity contribution in [2.24, 2.45) is 0 Å². The number of hydrogen-bond donors (Lipinski definition) is 2. The van der Waals surface area contributed by atoms with E-state index in [1.807, 2.05) is 0 Å². The van der Waals surface area contributed by atoms with Gasteiger partial charge < -0.3 is 14.5 Å². The van der Waals surface area contributed by atoms with Crippen molar-refractivity contribution in [1.82, 2.24) is 0 Å². The Morgan fingerprint density at radius 1 is 1.40 bits per heavy atom. The van der Waals surface area contributed by atoms with Gasteiger partial charge in [0, 0.05) is 0 Å². The Balaban J connectivity index is 3.05. The smallest absolute Gasteiger partial charge is 0.470 e. The Morgan fingerprint density at radius 3 is 2.20 bits per heavy atom. The van der Waals surface area contributed by atoms with Gasteiger partial charge in [-0.15, -0.1) is 0 Å². The molecule has 0 saturated heterocycles. The average Bonchev–Trinajstić information content (AvgIpc) is 2.14. The minimum absolute atomic E-state index is 0.104. The number of furan rings is 1. The molecule has 54 valence electrons. The normalized spacial score (nSPS) is 10.0. The topological polar surface area (TPSA) is 53.6 Å². The molecule has 0 bridgehead atoms. The number of rotatable bonds is 1. The molecule has 1 aromatic heterocycles. The van der Waals surface area contributed by atoms with E-state index in [0.29, 0.717) is 8.95 Å². The van der Waals surface area contributed by atoms with E-state index < -0.39 is 7.12 Å². The van der Waals surface area contributed by atoms with Crippen molar-refractivity contribution < 1.29 is 14.5 Å². The molecule has 0 amide bonds. The summed E-state index contributed by atoms with van der Waals surface area (Å²) in [6.45, 7) is 0. The molecule has 10 heavy (non-hydrogen) atoms. The molecule has 0 unspecified atom stereocenters. The Bertz CT molecular complexity index is 234. The lowest BCUT2D eigenvalue weighted by atomic mass is 9.88. The van der Waals surface area contributed by atoms with Crippen molar-refractivity contribution >= 4 is 44.6 Å². The van der Waals surface area contributed by atoms with Gasteiger partial charge in [0.25, 0.3) is 0 Å². The zero-order valence-electron chi connectivity index (χ0n) is 4.71. The summed E-state index contributed by atoms with van der Waals surface area (Å²) >= 11 is 6.21.